The number of carbonyl (C=O) groups excluding carboxylic acids is 1. The van der Waals surface area contributed by atoms with Gasteiger partial charge < -0.3 is 16.2 Å². The van der Waals surface area contributed by atoms with Crippen molar-refractivity contribution in [3.8, 4) is 0 Å². The van der Waals surface area contributed by atoms with Gasteiger partial charge in [0.1, 0.15) is 0 Å². The highest BCUT2D eigenvalue weighted by molar-refractivity contribution is 5.81. The van der Waals surface area contributed by atoms with Crippen molar-refractivity contribution in [2.45, 2.75) is 32.2 Å². The van der Waals surface area contributed by atoms with Gasteiger partial charge in [0.2, 0.25) is 5.91 Å². The second-order valence-electron chi connectivity index (χ2n) is 5.37. The van der Waals surface area contributed by atoms with Gasteiger partial charge in [0, 0.05) is 13.1 Å². The van der Waals surface area contributed by atoms with Crippen LogP contribution in [-0.2, 0) is 22.6 Å². The maximum Gasteiger partial charge on any atom is 0.311 e. The summed E-state index contributed by atoms with van der Waals surface area (Å²) < 4.78 is 0. The standard InChI is InChI=1S/C15H20N2O3/c16-9-12-5-2-1-4-11(12)8-13(18)17-10-15(14(19)20)6-3-7-15/h1-2,4-5H,3,6-10,16H2,(H,17,18)(H,19,20). The number of carbonyl (C=O) groups is 2. The van der Waals surface area contributed by atoms with E-state index in [-0.39, 0.29) is 18.9 Å². The van der Waals surface area contributed by atoms with Gasteiger partial charge >= 0.3 is 5.97 Å². The van der Waals surface area contributed by atoms with E-state index in [1.807, 2.05) is 24.3 Å². The fourth-order valence-corrected chi connectivity index (χ4v) is 2.50. The number of hydrogen-bond acceptors (Lipinski definition) is 3. The molecule has 1 aromatic rings. The first kappa shape index (κ1) is 14.5. The van der Waals surface area contributed by atoms with Gasteiger partial charge in [-0.2, -0.15) is 0 Å². The number of aliphatic carboxylic acids is 1. The molecule has 0 heterocycles. The van der Waals surface area contributed by atoms with Gasteiger partial charge in [0.15, 0.2) is 0 Å². The van der Waals surface area contributed by atoms with Crippen LogP contribution in [0.15, 0.2) is 24.3 Å². The molecule has 1 aliphatic carbocycles. The predicted molar refractivity (Wildman–Crippen MR) is 75.0 cm³/mol. The fourth-order valence-electron chi connectivity index (χ4n) is 2.50. The molecule has 1 saturated carbocycles. The Kier molecular flexibility index (Phi) is 4.39. The second-order valence-corrected chi connectivity index (χ2v) is 5.37. The zero-order chi connectivity index (χ0) is 14.6. The highest BCUT2D eigenvalue weighted by Gasteiger charge is 2.44. The minimum atomic E-state index is -0.814. The molecule has 1 amide bonds. The lowest BCUT2D eigenvalue weighted by atomic mass is 9.69. The van der Waals surface area contributed by atoms with E-state index in [0.717, 1.165) is 17.5 Å². The third-order valence-electron chi connectivity index (χ3n) is 4.08. The summed E-state index contributed by atoms with van der Waals surface area (Å²) in [5.41, 5.74) is 6.72. The van der Waals surface area contributed by atoms with Crippen LogP contribution in [0.1, 0.15) is 30.4 Å². The van der Waals surface area contributed by atoms with E-state index >= 15 is 0 Å². The lowest BCUT2D eigenvalue weighted by Crippen LogP contribution is -2.47. The zero-order valence-electron chi connectivity index (χ0n) is 11.4. The molecule has 5 heteroatoms. The minimum Gasteiger partial charge on any atom is -0.481 e. The topological polar surface area (TPSA) is 92.4 Å². The van der Waals surface area contributed by atoms with E-state index < -0.39 is 11.4 Å². The summed E-state index contributed by atoms with van der Waals surface area (Å²) in [5, 5.41) is 11.9. The fraction of sp³-hybridized carbons (Fsp3) is 0.467. The van der Waals surface area contributed by atoms with E-state index in [1.165, 1.54) is 0 Å². The van der Waals surface area contributed by atoms with Crippen LogP contribution in [0.3, 0.4) is 0 Å². The van der Waals surface area contributed by atoms with Crippen LogP contribution >= 0.6 is 0 Å². The lowest BCUT2D eigenvalue weighted by Gasteiger charge is -2.37. The number of amides is 1. The summed E-state index contributed by atoms with van der Waals surface area (Å²) in [6.07, 6.45) is 2.44. The molecule has 0 bridgehead atoms. The normalized spacial score (nSPS) is 16.2. The van der Waals surface area contributed by atoms with E-state index in [2.05, 4.69) is 5.32 Å². The molecule has 1 fully saturated rings. The van der Waals surface area contributed by atoms with Crippen molar-refractivity contribution in [2.75, 3.05) is 6.54 Å². The first-order valence-electron chi connectivity index (χ1n) is 6.84. The average Bonchev–Trinajstić information content (AvgIpc) is 2.37. The van der Waals surface area contributed by atoms with Gasteiger partial charge in [-0.25, -0.2) is 0 Å². The van der Waals surface area contributed by atoms with Crippen molar-refractivity contribution >= 4 is 11.9 Å². The van der Waals surface area contributed by atoms with Crippen molar-refractivity contribution in [3.05, 3.63) is 35.4 Å². The Bertz CT molecular complexity index is 510. The molecule has 4 N–H and O–H groups in total. The summed E-state index contributed by atoms with van der Waals surface area (Å²) in [7, 11) is 0. The highest BCUT2D eigenvalue weighted by Crippen LogP contribution is 2.40. The maximum absolute atomic E-state index is 11.9. The van der Waals surface area contributed by atoms with Crippen LogP contribution in [-0.4, -0.2) is 23.5 Å². The Morgan fingerprint density at radius 1 is 1.25 bits per heavy atom. The van der Waals surface area contributed by atoms with Crippen LogP contribution < -0.4 is 11.1 Å². The first-order chi connectivity index (χ1) is 9.57. The molecule has 0 unspecified atom stereocenters. The summed E-state index contributed by atoms with van der Waals surface area (Å²) in [5.74, 6) is -0.968. The van der Waals surface area contributed by atoms with E-state index in [9.17, 15) is 14.7 Å². The van der Waals surface area contributed by atoms with Gasteiger partial charge in [0.25, 0.3) is 0 Å². The highest BCUT2D eigenvalue weighted by atomic mass is 16.4. The van der Waals surface area contributed by atoms with Gasteiger partial charge in [-0.1, -0.05) is 30.7 Å². The van der Waals surface area contributed by atoms with Crippen LogP contribution in [0, 0.1) is 5.41 Å². The molecule has 0 spiro atoms. The van der Waals surface area contributed by atoms with E-state index in [1.54, 1.807) is 0 Å². The molecule has 0 atom stereocenters. The van der Waals surface area contributed by atoms with Gasteiger partial charge in [-0.15, -0.1) is 0 Å². The molecule has 0 radical (unpaired) electrons. The quantitative estimate of drug-likeness (QED) is 0.724. The number of nitrogens with one attached hydrogen (secondary N) is 1. The van der Waals surface area contributed by atoms with Crippen molar-refractivity contribution in [2.24, 2.45) is 11.1 Å². The van der Waals surface area contributed by atoms with Crippen molar-refractivity contribution < 1.29 is 14.7 Å². The van der Waals surface area contributed by atoms with Gasteiger partial charge in [-0.05, 0) is 24.0 Å². The van der Waals surface area contributed by atoms with Crippen LogP contribution in [0.5, 0.6) is 0 Å². The van der Waals surface area contributed by atoms with Gasteiger partial charge in [-0.3, -0.25) is 9.59 Å². The molecule has 20 heavy (non-hydrogen) atoms. The Hall–Kier alpha value is -1.88. The Balaban J connectivity index is 1.91. The molecule has 0 aliphatic heterocycles. The third-order valence-corrected chi connectivity index (χ3v) is 4.08. The van der Waals surface area contributed by atoms with E-state index in [4.69, 9.17) is 5.73 Å². The van der Waals surface area contributed by atoms with Gasteiger partial charge in [0.05, 0.1) is 11.8 Å². The second kappa shape index (κ2) is 6.05. The molecule has 1 aromatic carbocycles. The Morgan fingerprint density at radius 2 is 1.90 bits per heavy atom. The summed E-state index contributed by atoms with van der Waals surface area (Å²) in [6, 6.07) is 7.52. The maximum atomic E-state index is 11.9. The molecule has 1 aliphatic rings. The SMILES string of the molecule is NCc1ccccc1CC(=O)NCC1(C(=O)O)CCC1. The number of carboxylic acid groups (broad SMARTS) is 1. The molecule has 0 aromatic heterocycles. The third kappa shape index (κ3) is 2.99. The van der Waals surface area contributed by atoms with Crippen LogP contribution in [0.25, 0.3) is 0 Å². The summed E-state index contributed by atoms with van der Waals surface area (Å²) >= 11 is 0. The van der Waals surface area contributed by atoms with Crippen LogP contribution in [0.4, 0.5) is 0 Å². The van der Waals surface area contributed by atoms with Crippen molar-refractivity contribution in [1.82, 2.24) is 5.32 Å². The monoisotopic (exact) mass is 276 g/mol. The first-order valence-corrected chi connectivity index (χ1v) is 6.84. The zero-order valence-corrected chi connectivity index (χ0v) is 11.4. The molecular weight excluding hydrogens is 256 g/mol. The molecule has 5 nitrogen and oxygen atoms in total. The number of carboxylic acids is 1. The number of nitrogens with two attached hydrogens (primary N) is 1. The summed E-state index contributed by atoms with van der Waals surface area (Å²) in [4.78, 5) is 23.2. The van der Waals surface area contributed by atoms with Crippen molar-refractivity contribution in [1.29, 1.82) is 0 Å². The molecule has 2 rings (SSSR count). The number of benzene rings is 1. The average molecular weight is 276 g/mol. The minimum absolute atomic E-state index is 0.154. The lowest BCUT2D eigenvalue weighted by molar-refractivity contribution is -0.154. The largest absolute Gasteiger partial charge is 0.481 e. The predicted octanol–water partition coefficient (Wildman–Crippen LogP) is 1.06. The molecular formula is C15H20N2O3. The van der Waals surface area contributed by atoms with Crippen molar-refractivity contribution in [3.63, 3.8) is 0 Å². The van der Waals surface area contributed by atoms with Crippen LogP contribution in [0.2, 0.25) is 0 Å². The molecule has 0 saturated heterocycles. The number of rotatable bonds is 6. The molecule has 108 valence electrons. The summed E-state index contributed by atoms with van der Waals surface area (Å²) in [6.45, 7) is 0.606. The number of hydrogen-bond donors (Lipinski definition) is 3. The Morgan fingerprint density at radius 3 is 2.40 bits per heavy atom. The Labute approximate surface area is 118 Å². The van der Waals surface area contributed by atoms with E-state index in [0.29, 0.717) is 19.4 Å². The smallest absolute Gasteiger partial charge is 0.311 e.